The van der Waals surface area contributed by atoms with Gasteiger partial charge in [0.1, 0.15) is 6.10 Å². The van der Waals surface area contributed by atoms with Crippen molar-refractivity contribution in [3.8, 4) is 5.75 Å². The fourth-order valence-corrected chi connectivity index (χ4v) is 1.97. The Kier molecular flexibility index (Phi) is 5.28. The van der Waals surface area contributed by atoms with Gasteiger partial charge in [-0.3, -0.25) is 4.79 Å². The molecule has 0 spiro atoms. The zero-order valence-corrected chi connectivity index (χ0v) is 10.9. The lowest BCUT2D eigenvalue weighted by molar-refractivity contribution is 0.0583. The second-order valence-electron chi connectivity index (χ2n) is 4.21. The molecule has 0 aliphatic carbocycles. The van der Waals surface area contributed by atoms with E-state index < -0.39 is 17.7 Å². The number of Topliss-reactive ketones (excluding diaryl/α,β-unsaturated/α-hetero) is 1. The summed E-state index contributed by atoms with van der Waals surface area (Å²) in [7, 11) is 1.34. The number of carbonyl (C=O) groups excluding carboxylic acids is 1. The lowest BCUT2D eigenvalue weighted by atomic mass is 9.90. The SMILES string of the molecule is CCC(CC)C(O)C(=O)c1cccc(OC)c1F. The van der Waals surface area contributed by atoms with Gasteiger partial charge in [0.2, 0.25) is 0 Å². The lowest BCUT2D eigenvalue weighted by Gasteiger charge is -2.19. The molecule has 1 aromatic rings. The fraction of sp³-hybridized carbons (Fsp3) is 0.500. The van der Waals surface area contributed by atoms with Crippen molar-refractivity contribution in [1.82, 2.24) is 0 Å². The van der Waals surface area contributed by atoms with Crippen LogP contribution in [0.25, 0.3) is 0 Å². The minimum atomic E-state index is -1.17. The molecule has 0 amide bonds. The normalized spacial score (nSPS) is 12.6. The molecule has 0 fully saturated rings. The van der Waals surface area contributed by atoms with Gasteiger partial charge in [-0.15, -0.1) is 0 Å². The average molecular weight is 254 g/mol. The number of hydrogen-bond donors (Lipinski definition) is 1. The Hall–Kier alpha value is -1.42. The summed E-state index contributed by atoms with van der Waals surface area (Å²) >= 11 is 0. The first kappa shape index (κ1) is 14.6. The highest BCUT2D eigenvalue weighted by atomic mass is 19.1. The zero-order valence-electron chi connectivity index (χ0n) is 10.9. The standard InChI is InChI=1S/C14H19FO3/c1-4-9(5-2)13(16)14(17)10-7-6-8-11(18-3)12(10)15/h6-9,13,16H,4-5H2,1-3H3. The van der Waals surface area contributed by atoms with Gasteiger partial charge in [0, 0.05) is 0 Å². The summed E-state index contributed by atoms with van der Waals surface area (Å²) in [6.45, 7) is 3.79. The van der Waals surface area contributed by atoms with E-state index >= 15 is 0 Å². The highest BCUT2D eigenvalue weighted by Crippen LogP contribution is 2.24. The molecule has 0 aliphatic rings. The molecular formula is C14H19FO3. The summed E-state index contributed by atoms with van der Waals surface area (Å²) < 4.78 is 18.7. The Morgan fingerprint density at radius 2 is 2.00 bits per heavy atom. The van der Waals surface area contributed by atoms with Crippen LogP contribution < -0.4 is 4.74 Å². The van der Waals surface area contributed by atoms with Crippen molar-refractivity contribution >= 4 is 5.78 Å². The van der Waals surface area contributed by atoms with Crippen molar-refractivity contribution in [3.63, 3.8) is 0 Å². The van der Waals surface area contributed by atoms with E-state index in [1.807, 2.05) is 13.8 Å². The minimum absolute atomic E-state index is 0.0117. The molecule has 0 saturated heterocycles. The molecule has 0 bridgehead atoms. The number of ketones is 1. The molecule has 1 N–H and O–H groups in total. The summed E-state index contributed by atoms with van der Waals surface area (Å²) in [5, 5.41) is 9.96. The van der Waals surface area contributed by atoms with Crippen molar-refractivity contribution in [2.24, 2.45) is 5.92 Å². The number of carbonyl (C=O) groups is 1. The summed E-state index contributed by atoms with van der Waals surface area (Å²) in [5.74, 6) is -1.43. The molecule has 3 nitrogen and oxygen atoms in total. The molecular weight excluding hydrogens is 235 g/mol. The van der Waals surface area contributed by atoms with E-state index in [4.69, 9.17) is 4.74 Å². The van der Waals surface area contributed by atoms with Crippen LogP contribution >= 0.6 is 0 Å². The van der Waals surface area contributed by atoms with Crippen molar-refractivity contribution in [3.05, 3.63) is 29.6 Å². The molecule has 1 unspecified atom stereocenters. The number of halogens is 1. The molecule has 100 valence electrons. The van der Waals surface area contributed by atoms with E-state index in [-0.39, 0.29) is 17.2 Å². The first-order chi connectivity index (χ1) is 8.56. The van der Waals surface area contributed by atoms with Gasteiger partial charge in [0.25, 0.3) is 0 Å². The number of rotatable bonds is 6. The van der Waals surface area contributed by atoms with E-state index in [9.17, 15) is 14.3 Å². The summed E-state index contributed by atoms with van der Waals surface area (Å²) in [4.78, 5) is 12.0. The maximum absolute atomic E-state index is 13.9. The van der Waals surface area contributed by atoms with Gasteiger partial charge < -0.3 is 9.84 Å². The topological polar surface area (TPSA) is 46.5 Å². The van der Waals surface area contributed by atoms with E-state index in [1.165, 1.54) is 25.3 Å². The van der Waals surface area contributed by atoms with E-state index in [1.54, 1.807) is 0 Å². The van der Waals surface area contributed by atoms with Crippen LogP contribution in [0.5, 0.6) is 5.75 Å². The number of hydrogen-bond acceptors (Lipinski definition) is 3. The average Bonchev–Trinajstić information content (AvgIpc) is 2.39. The molecule has 0 saturated carbocycles. The van der Waals surface area contributed by atoms with Gasteiger partial charge in [-0.2, -0.15) is 0 Å². The third kappa shape index (κ3) is 2.88. The maximum atomic E-state index is 13.9. The number of ether oxygens (including phenoxy) is 1. The summed E-state index contributed by atoms with van der Waals surface area (Å²) in [6.07, 6.45) is 0.186. The molecule has 0 aromatic heterocycles. The quantitative estimate of drug-likeness (QED) is 0.794. The van der Waals surface area contributed by atoms with Crippen molar-refractivity contribution in [2.45, 2.75) is 32.8 Å². The largest absolute Gasteiger partial charge is 0.494 e. The van der Waals surface area contributed by atoms with Crippen molar-refractivity contribution in [2.75, 3.05) is 7.11 Å². The molecule has 0 heterocycles. The highest BCUT2D eigenvalue weighted by molar-refractivity contribution is 6.00. The third-order valence-electron chi connectivity index (χ3n) is 3.21. The molecule has 4 heteroatoms. The minimum Gasteiger partial charge on any atom is -0.494 e. The highest BCUT2D eigenvalue weighted by Gasteiger charge is 2.27. The third-order valence-corrected chi connectivity index (χ3v) is 3.21. The first-order valence-electron chi connectivity index (χ1n) is 6.11. The Labute approximate surface area is 107 Å². The second kappa shape index (κ2) is 6.50. The number of benzene rings is 1. The van der Waals surface area contributed by atoms with E-state index in [2.05, 4.69) is 0 Å². The Balaban J connectivity index is 3.03. The molecule has 0 aliphatic heterocycles. The van der Waals surface area contributed by atoms with Gasteiger partial charge in [-0.05, 0) is 18.1 Å². The predicted octanol–water partition coefficient (Wildman–Crippen LogP) is 2.81. The Bertz CT molecular complexity index is 414. The smallest absolute Gasteiger partial charge is 0.194 e. The molecule has 1 atom stereocenters. The van der Waals surface area contributed by atoms with Crippen molar-refractivity contribution in [1.29, 1.82) is 0 Å². The summed E-state index contributed by atoms with van der Waals surface area (Å²) in [6, 6.07) is 4.34. The molecule has 1 rings (SSSR count). The molecule has 0 radical (unpaired) electrons. The molecule has 1 aromatic carbocycles. The van der Waals surface area contributed by atoms with Crippen molar-refractivity contribution < 1.29 is 19.0 Å². The van der Waals surface area contributed by atoms with E-state index in [0.29, 0.717) is 12.8 Å². The van der Waals surface area contributed by atoms with Gasteiger partial charge in [0.15, 0.2) is 17.3 Å². The maximum Gasteiger partial charge on any atom is 0.194 e. The monoisotopic (exact) mass is 254 g/mol. The Morgan fingerprint density at radius 1 is 1.39 bits per heavy atom. The number of methoxy groups -OCH3 is 1. The van der Waals surface area contributed by atoms with Gasteiger partial charge in [0.05, 0.1) is 12.7 Å². The van der Waals surface area contributed by atoms with Crippen LogP contribution in [-0.2, 0) is 0 Å². The number of aliphatic hydroxyl groups excluding tert-OH is 1. The Morgan fingerprint density at radius 3 is 2.50 bits per heavy atom. The van der Waals surface area contributed by atoms with Crippen LogP contribution in [0.15, 0.2) is 18.2 Å². The van der Waals surface area contributed by atoms with Gasteiger partial charge >= 0.3 is 0 Å². The van der Waals surface area contributed by atoms with Crippen LogP contribution in [0.1, 0.15) is 37.0 Å². The first-order valence-corrected chi connectivity index (χ1v) is 6.11. The number of aliphatic hydroxyl groups is 1. The van der Waals surface area contributed by atoms with Gasteiger partial charge in [-0.1, -0.05) is 32.8 Å². The van der Waals surface area contributed by atoms with Crippen LogP contribution in [0.4, 0.5) is 4.39 Å². The second-order valence-corrected chi connectivity index (χ2v) is 4.21. The van der Waals surface area contributed by atoms with Crippen LogP contribution in [-0.4, -0.2) is 24.1 Å². The fourth-order valence-electron chi connectivity index (χ4n) is 1.97. The lowest BCUT2D eigenvalue weighted by Crippen LogP contribution is -2.29. The summed E-state index contributed by atoms with van der Waals surface area (Å²) in [5.41, 5.74) is -0.117. The predicted molar refractivity (Wildman–Crippen MR) is 67.4 cm³/mol. The van der Waals surface area contributed by atoms with Crippen LogP contribution in [0.3, 0.4) is 0 Å². The zero-order chi connectivity index (χ0) is 13.7. The van der Waals surface area contributed by atoms with Crippen LogP contribution in [0, 0.1) is 11.7 Å². The van der Waals surface area contributed by atoms with E-state index in [0.717, 1.165) is 0 Å². The molecule has 18 heavy (non-hydrogen) atoms. The van der Waals surface area contributed by atoms with Crippen LogP contribution in [0.2, 0.25) is 0 Å². The van der Waals surface area contributed by atoms with Gasteiger partial charge in [-0.25, -0.2) is 4.39 Å².